The van der Waals surface area contributed by atoms with Crippen LogP contribution in [0, 0.1) is 13.8 Å². The van der Waals surface area contributed by atoms with Crippen molar-refractivity contribution >= 4 is 11.7 Å². The molecule has 0 radical (unpaired) electrons. The summed E-state index contributed by atoms with van der Waals surface area (Å²) in [5, 5.41) is 10.8. The van der Waals surface area contributed by atoms with Crippen LogP contribution in [0.2, 0.25) is 0 Å². The van der Waals surface area contributed by atoms with Crippen molar-refractivity contribution in [2.45, 2.75) is 54.4 Å². The summed E-state index contributed by atoms with van der Waals surface area (Å²) in [4.78, 5) is 17.1. The average molecular weight is 473 g/mol. The van der Waals surface area contributed by atoms with Gasteiger partial charge in [-0.25, -0.2) is 9.07 Å². The van der Waals surface area contributed by atoms with E-state index in [0.29, 0.717) is 38.0 Å². The zero-order chi connectivity index (χ0) is 25.6. The second-order valence-electron chi connectivity index (χ2n) is 9.46. The second kappa shape index (κ2) is 12.1. The van der Waals surface area contributed by atoms with Gasteiger partial charge in [0.15, 0.2) is 0 Å². The van der Waals surface area contributed by atoms with E-state index in [-0.39, 0.29) is 11.7 Å². The molecule has 1 fully saturated rings. The van der Waals surface area contributed by atoms with Crippen LogP contribution in [0.25, 0.3) is 0 Å². The molecule has 1 saturated heterocycles. The summed E-state index contributed by atoms with van der Waals surface area (Å²) in [6.07, 6.45) is 2.73. The number of hydrazone groups is 1. The van der Waals surface area contributed by atoms with Gasteiger partial charge >= 0.3 is 0 Å². The lowest BCUT2D eigenvalue weighted by atomic mass is 10.1. The van der Waals surface area contributed by atoms with E-state index < -0.39 is 0 Å². The zero-order valence-corrected chi connectivity index (χ0v) is 22.2. The number of carbonyl (C=O) groups excluding carboxylic acids is 1. The van der Waals surface area contributed by atoms with Gasteiger partial charge in [0.25, 0.3) is 0 Å². The van der Waals surface area contributed by atoms with E-state index in [4.69, 9.17) is 0 Å². The van der Waals surface area contributed by atoms with Crippen molar-refractivity contribution in [1.82, 2.24) is 24.6 Å². The van der Waals surface area contributed by atoms with E-state index >= 15 is 0 Å². The maximum atomic E-state index is 14.3. The summed E-state index contributed by atoms with van der Waals surface area (Å²) in [6, 6.07) is 0. The molecule has 2 heterocycles. The lowest BCUT2D eigenvalue weighted by Gasteiger charge is -2.35. The molecular weight excluding hydrogens is 431 g/mol. The Labute approximate surface area is 204 Å². The molecule has 1 aliphatic heterocycles. The fourth-order valence-electron chi connectivity index (χ4n) is 4.16. The number of aromatic nitrogens is 2. The molecule has 0 aromatic carbocycles. The van der Waals surface area contributed by atoms with E-state index in [1.54, 1.807) is 18.0 Å². The Morgan fingerprint density at radius 1 is 1.15 bits per heavy atom. The van der Waals surface area contributed by atoms with Crippen LogP contribution in [0.1, 0.15) is 51.1 Å². The van der Waals surface area contributed by atoms with Gasteiger partial charge < -0.3 is 9.91 Å². The minimum Gasteiger partial charge on any atom is -0.340 e. The predicted octanol–water partition coefficient (Wildman–Crippen LogP) is 4.09. The van der Waals surface area contributed by atoms with Crippen molar-refractivity contribution < 1.29 is 9.18 Å². The summed E-state index contributed by atoms with van der Waals surface area (Å²) >= 11 is 0. The highest BCUT2D eigenvalue weighted by molar-refractivity contribution is 5.82. The van der Waals surface area contributed by atoms with Gasteiger partial charge in [-0.15, -0.1) is 0 Å². The summed E-state index contributed by atoms with van der Waals surface area (Å²) in [7, 11) is 3.76. The molecule has 1 amide bonds. The molecule has 0 saturated carbocycles. The first-order valence-corrected chi connectivity index (χ1v) is 11.9. The van der Waals surface area contributed by atoms with Crippen LogP contribution in [0.3, 0.4) is 0 Å². The largest absolute Gasteiger partial charge is 0.340 e. The van der Waals surface area contributed by atoms with E-state index in [2.05, 4.69) is 21.7 Å². The van der Waals surface area contributed by atoms with Crippen LogP contribution in [0.15, 0.2) is 40.3 Å². The Kier molecular flexibility index (Phi) is 9.79. The van der Waals surface area contributed by atoms with Crippen LogP contribution >= 0.6 is 0 Å². The first-order chi connectivity index (χ1) is 15.9. The minimum absolute atomic E-state index is 0.170. The number of aryl methyl sites for hydroxylation is 1. The third-order valence-electron chi connectivity index (χ3n) is 6.25. The summed E-state index contributed by atoms with van der Waals surface area (Å²) < 4.78 is 16.1. The first-order valence-electron chi connectivity index (χ1n) is 11.9. The molecule has 188 valence electrons. The SMILES string of the molecule is C=C(C)/C(C)=C(F)/C=C(\C)CN1CCN(C(=O)CCc2c(C)nn(/C(C)=N/N(C)C)c2C)CC1. The molecule has 2 rings (SSSR count). The first kappa shape index (κ1) is 27.5. The molecule has 0 unspecified atom stereocenters. The summed E-state index contributed by atoms with van der Waals surface area (Å²) in [5.74, 6) is 0.743. The maximum Gasteiger partial charge on any atom is 0.222 e. The van der Waals surface area contributed by atoms with E-state index in [0.717, 1.165) is 47.0 Å². The quantitative estimate of drug-likeness (QED) is 0.248. The molecule has 0 aliphatic carbocycles. The number of carbonyl (C=O) groups is 1. The fraction of sp³-hybridized carbons (Fsp3) is 0.577. The maximum absolute atomic E-state index is 14.3. The van der Waals surface area contributed by atoms with Crippen molar-refractivity contribution in [2.24, 2.45) is 5.10 Å². The van der Waals surface area contributed by atoms with Gasteiger partial charge in [0, 0.05) is 58.9 Å². The van der Waals surface area contributed by atoms with E-state index in [1.165, 1.54) is 0 Å². The third-order valence-corrected chi connectivity index (χ3v) is 6.25. The van der Waals surface area contributed by atoms with Crippen molar-refractivity contribution in [1.29, 1.82) is 0 Å². The third kappa shape index (κ3) is 7.38. The molecule has 8 heteroatoms. The van der Waals surface area contributed by atoms with Crippen LogP contribution in [0.4, 0.5) is 4.39 Å². The van der Waals surface area contributed by atoms with E-state index in [1.807, 2.05) is 58.3 Å². The van der Waals surface area contributed by atoms with Crippen molar-refractivity contribution in [2.75, 3.05) is 46.8 Å². The van der Waals surface area contributed by atoms with Crippen LogP contribution in [-0.2, 0) is 11.2 Å². The number of hydrogen-bond acceptors (Lipinski definition) is 5. The number of hydrogen-bond donors (Lipinski definition) is 0. The lowest BCUT2D eigenvalue weighted by Crippen LogP contribution is -2.49. The molecule has 0 N–H and O–H groups in total. The number of piperazine rings is 1. The summed E-state index contributed by atoms with van der Waals surface area (Å²) in [5.41, 5.74) is 5.38. The van der Waals surface area contributed by atoms with Crippen molar-refractivity contribution in [3.05, 3.63) is 52.2 Å². The van der Waals surface area contributed by atoms with Gasteiger partial charge in [-0.2, -0.15) is 10.2 Å². The second-order valence-corrected chi connectivity index (χ2v) is 9.46. The topological polar surface area (TPSA) is 57.0 Å². The molecule has 0 atom stereocenters. The van der Waals surface area contributed by atoms with Crippen LogP contribution in [-0.4, -0.2) is 83.2 Å². The Balaban J connectivity index is 1.90. The molecule has 0 spiro atoms. The molecule has 1 aromatic rings. The fourth-order valence-corrected chi connectivity index (χ4v) is 4.16. The highest BCUT2D eigenvalue weighted by atomic mass is 19.1. The number of allylic oxidation sites excluding steroid dienone is 4. The molecular formula is C26H41FN6O. The van der Waals surface area contributed by atoms with Crippen LogP contribution in [0.5, 0.6) is 0 Å². The van der Waals surface area contributed by atoms with Gasteiger partial charge in [-0.05, 0) is 65.2 Å². The molecule has 7 nitrogen and oxygen atoms in total. The predicted molar refractivity (Wildman–Crippen MR) is 138 cm³/mol. The lowest BCUT2D eigenvalue weighted by molar-refractivity contribution is -0.132. The van der Waals surface area contributed by atoms with Gasteiger partial charge in [-0.1, -0.05) is 17.7 Å². The number of amides is 1. The van der Waals surface area contributed by atoms with Crippen LogP contribution < -0.4 is 0 Å². The Morgan fingerprint density at radius 3 is 2.32 bits per heavy atom. The number of nitrogens with zero attached hydrogens (tertiary/aromatic N) is 6. The monoisotopic (exact) mass is 472 g/mol. The number of halogens is 1. The van der Waals surface area contributed by atoms with Gasteiger partial charge in [0.05, 0.1) is 5.69 Å². The van der Waals surface area contributed by atoms with Gasteiger partial charge in [0.2, 0.25) is 5.91 Å². The molecule has 34 heavy (non-hydrogen) atoms. The highest BCUT2D eigenvalue weighted by Gasteiger charge is 2.22. The highest BCUT2D eigenvalue weighted by Crippen LogP contribution is 2.18. The van der Waals surface area contributed by atoms with Crippen molar-refractivity contribution in [3.63, 3.8) is 0 Å². The standard InChI is InChI=1S/C26H41FN6O/c1-18(2)20(4)25(27)16-19(3)17-31-12-14-32(15-13-31)26(34)11-10-24-21(5)28-33(22(24)6)23(7)29-30(8)9/h16H,1,10-15,17H2,2-9H3/b19-16+,25-20-,29-23+. The number of rotatable bonds is 8. The molecule has 1 aromatic heterocycles. The smallest absolute Gasteiger partial charge is 0.222 e. The summed E-state index contributed by atoms with van der Waals surface area (Å²) in [6.45, 7) is 18.9. The van der Waals surface area contributed by atoms with Crippen molar-refractivity contribution in [3.8, 4) is 0 Å². The normalized spacial score (nSPS) is 16.6. The minimum atomic E-state index is -0.226. The zero-order valence-electron chi connectivity index (χ0n) is 22.2. The Bertz CT molecular complexity index is 993. The van der Waals surface area contributed by atoms with E-state index in [9.17, 15) is 9.18 Å². The average Bonchev–Trinajstić information content (AvgIpc) is 3.04. The molecule has 1 aliphatic rings. The van der Waals surface area contributed by atoms with Gasteiger partial charge in [-0.3, -0.25) is 9.69 Å². The Hall–Kier alpha value is -2.74. The molecule has 0 bridgehead atoms. The Morgan fingerprint density at radius 2 is 1.76 bits per heavy atom. The van der Waals surface area contributed by atoms with Gasteiger partial charge in [0.1, 0.15) is 11.7 Å².